The summed E-state index contributed by atoms with van der Waals surface area (Å²) < 4.78 is 0. The Labute approximate surface area is 316 Å². The van der Waals surface area contributed by atoms with Crippen LogP contribution >= 0.6 is 0 Å². The van der Waals surface area contributed by atoms with E-state index in [2.05, 4.69) is 49.6 Å². The quantitative estimate of drug-likeness (QED) is 0.0299. The summed E-state index contributed by atoms with van der Waals surface area (Å²) >= 11 is 0. The number of nitrogens with one attached hydrogen (secondary N) is 8. The van der Waals surface area contributed by atoms with Crippen molar-refractivity contribution in [3.8, 4) is 0 Å². The van der Waals surface area contributed by atoms with Gasteiger partial charge in [0.05, 0.1) is 19.8 Å². The van der Waals surface area contributed by atoms with Gasteiger partial charge in [0.1, 0.15) is 12.1 Å². The molecule has 6 amide bonds. The molecule has 0 saturated heterocycles. The van der Waals surface area contributed by atoms with Crippen LogP contribution in [0.4, 0.5) is 0 Å². The van der Waals surface area contributed by atoms with Gasteiger partial charge in [-0.3, -0.25) is 28.8 Å². The van der Waals surface area contributed by atoms with Crippen LogP contribution in [0.2, 0.25) is 0 Å². The van der Waals surface area contributed by atoms with Crippen molar-refractivity contribution < 1.29 is 43.8 Å². The molecule has 17 heteroatoms. The first kappa shape index (κ1) is 49.6. The SMILES string of the molecule is CCNC(CCCCCNC(=O)C(CCC(=O)NCCO)NOCC)CCCCNC(=O)CCCCCNC(=O)C(CCC(=O)NCCO)NC(C)=O. The van der Waals surface area contributed by atoms with Crippen molar-refractivity contribution in [2.75, 3.05) is 59.1 Å². The third-order valence-electron chi connectivity index (χ3n) is 8.27. The minimum absolute atomic E-state index is 0.0121. The molecule has 0 aromatic heterocycles. The molecule has 0 aliphatic carbocycles. The van der Waals surface area contributed by atoms with Crippen molar-refractivity contribution in [1.82, 2.24) is 42.7 Å². The molecule has 0 aliphatic rings. The number of aliphatic hydroxyl groups is 2. The molecule has 0 rings (SSSR count). The Morgan fingerprint density at radius 1 is 0.547 bits per heavy atom. The third kappa shape index (κ3) is 29.7. The molecule has 308 valence electrons. The van der Waals surface area contributed by atoms with Crippen LogP contribution < -0.4 is 42.7 Å². The van der Waals surface area contributed by atoms with Crippen molar-refractivity contribution >= 4 is 35.4 Å². The average Bonchev–Trinajstić information content (AvgIpc) is 3.13. The number of aliphatic hydroxyl groups excluding tert-OH is 2. The molecule has 0 saturated carbocycles. The standard InChI is InChI=1S/C36H70N8O9/c1-4-37-29(14-8-6-11-23-42-36(52)31(44-53-5-2)18-20-34(50)40-25-27-46)15-10-13-21-38-32(48)16-9-7-12-22-41-35(51)30(43-28(3)47)17-19-33(49)39-24-26-45/h29-31,37,44-46H,4-27H2,1-3H3,(H,38,48)(H,39,49)(H,40,50)(H,41,51)(H,42,52)(H,43,47). The molecule has 53 heavy (non-hydrogen) atoms. The van der Waals surface area contributed by atoms with Crippen molar-refractivity contribution in [3.63, 3.8) is 0 Å². The second kappa shape index (κ2) is 34.4. The van der Waals surface area contributed by atoms with Crippen molar-refractivity contribution in [2.24, 2.45) is 0 Å². The normalized spacial score (nSPS) is 12.6. The maximum Gasteiger partial charge on any atom is 0.242 e. The van der Waals surface area contributed by atoms with E-state index in [4.69, 9.17) is 15.1 Å². The van der Waals surface area contributed by atoms with Crippen LogP contribution in [-0.2, 0) is 33.6 Å². The zero-order chi connectivity index (χ0) is 39.5. The maximum absolute atomic E-state index is 12.6. The van der Waals surface area contributed by atoms with Gasteiger partial charge in [-0.1, -0.05) is 32.6 Å². The predicted octanol–water partition coefficient (Wildman–Crippen LogP) is -0.204. The lowest BCUT2D eigenvalue weighted by molar-refractivity contribution is -0.129. The van der Waals surface area contributed by atoms with Gasteiger partial charge in [-0.05, 0) is 64.8 Å². The van der Waals surface area contributed by atoms with Crippen molar-refractivity contribution in [1.29, 1.82) is 0 Å². The Hall–Kier alpha value is -3.38. The van der Waals surface area contributed by atoms with E-state index in [1.807, 2.05) is 0 Å². The van der Waals surface area contributed by atoms with Gasteiger partial charge in [-0.15, -0.1) is 0 Å². The summed E-state index contributed by atoms with van der Waals surface area (Å²) in [5.74, 6) is -1.45. The minimum Gasteiger partial charge on any atom is -0.395 e. The number of hydrogen-bond donors (Lipinski definition) is 10. The molecule has 10 N–H and O–H groups in total. The van der Waals surface area contributed by atoms with Crippen molar-refractivity contribution in [3.05, 3.63) is 0 Å². The molecule has 17 nitrogen and oxygen atoms in total. The topological polar surface area (TPSA) is 248 Å². The molecule has 0 aromatic rings. The van der Waals surface area contributed by atoms with Crippen LogP contribution in [0.3, 0.4) is 0 Å². The van der Waals surface area contributed by atoms with Gasteiger partial charge >= 0.3 is 0 Å². The summed E-state index contributed by atoms with van der Waals surface area (Å²) in [6.07, 6.45) is 9.96. The fourth-order valence-electron chi connectivity index (χ4n) is 5.48. The second-order valence-corrected chi connectivity index (χ2v) is 12.9. The highest BCUT2D eigenvalue weighted by Crippen LogP contribution is 2.10. The molecule has 0 fully saturated rings. The third-order valence-corrected chi connectivity index (χ3v) is 8.27. The first-order valence-electron chi connectivity index (χ1n) is 19.5. The van der Waals surface area contributed by atoms with Gasteiger partial charge in [0.2, 0.25) is 35.4 Å². The Morgan fingerprint density at radius 2 is 1.02 bits per heavy atom. The predicted molar refractivity (Wildman–Crippen MR) is 202 cm³/mol. The van der Waals surface area contributed by atoms with E-state index in [-0.39, 0.29) is 87.4 Å². The van der Waals surface area contributed by atoms with E-state index in [9.17, 15) is 28.8 Å². The highest BCUT2D eigenvalue weighted by atomic mass is 16.6. The molecule has 0 heterocycles. The van der Waals surface area contributed by atoms with Crippen LogP contribution in [0.25, 0.3) is 0 Å². The highest BCUT2D eigenvalue weighted by Gasteiger charge is 2.21. The molecule has 0 spiro atoms. The lowest BCUT2D eigenvalue weighted by Crippen LogP contribution is -2.46. The average molecular weight is 759 g/mol. The Morgan fingerprint density at radius 3 is 1.57 bits per heavy atom. The lowest BCUT2D eigenvalue weighted by Gasteiger charge is -2.19. The fourth-order valence-corrected chi connectivity index (χ4v) is 5.48. The zero-order valence-corrected chi connectivity index (χ0v) is 32.5. The summed E-state index contributed by atoms with van der Waals surface area (Å²) in [5.41, 5.74) is 2.72. The van der Waals surface area contributed by atoms with Crippen LogP contribution in [0.5, 0.6) is 0 Å². The van der Waals surface area contributed by atoms with Gasteiger partial charge in [0, 0.05) is 65.0 Å². The molecular formula is C36H70N8O9. The van der Waals surface area contributed by atoms with Gasteiger partial charge in [0.15, 0.2) is 0 Å². The fraction of sp³-hybridized carbons (Fsp3) is 0.833. The largest absolute Gasteiger partial charge is 0.395 e. The zero-order valence-electron chi connectivity index (χ0n) is 32.5. The molecule has 0 aliphatic heterocycles. The number of carbonyl (C=O) groups excluding carboxylic acids is 6. The molecular weight excluding hydrogens is 688 g/mol. The number of carbonyl (C=O) groups is 6. The second-order valence-electron chi connectivity index (χ2n) is 12.9. The summed E-state index contributed by atoms with van der Waals surface area (Å²) in [5, 5.41) is 37.6. The monoisotopic (exact) mass is 759 g/mol. The highest BCUT2D eigenvalue weighted by molar-refractivity contribution is 5.87. The van der Waals surface area contributed by atoms with E-state index >= 15 is 0 Å². The van der Waals surface area contributed by atoms with Gasteiger partial charge in [0.25, 0.3) is 0 Å². The maximum atomic E-state index is 12.6. The number of unbranched alkanes of at least 4 members (excludes halogenated alkanes) is 5. The van der Waals surface area contributed by atoms with E-state index in [1.165, 1.54) is 6.92 Å². The summed E-state index contributed by atoms with van der Waals surface area (Å²) in [7, 11) is 0. The number of amides is 6. The van der Waals surface area contributed by atoms with Crippen LogP contribution in [-0.4, -0.2) is 123 Å². The van der Waals surface area contributed by atoms with E-state index in [0.717, 1.165) is 57.9 Å². The summed E-state index contributed by atoms with van der Waals surface area (Å²) in [6.45, 7) is 8.06. The van der Waals surface area contributed by atoms with Gasteiger partial charge in [-0.2, -0.15) is 5.48 Å². The Balaban J connectivity index is 4.12. The smallest absolute Gasteiger partial charge is 0.242 e. The van der Waals surface area contributed by atoms with Gasteiger partial charge < -0.3 is 52.3 Å². The minimum atomic E-state index is -0.820. The number of hydroxylamine groups is 1. The Kier molecular flexibility index (Phi) is 32.2. The van der Waals surface area contributed by atoms with Crippen LogP contribution in [0, 0.1) is 0 Å². The first-order valence-corrected chi connectivity index (χ1v) is 19.5. The number of rotatable bonds is 35. The van der Waals surface area contributed by atoms with E-state index in [0.29, 0.717) is 51.5 Å². The lowest BCUT2D eigenvalue weighted by atomic mass is 10.0. The molecule has 0 bridgehead atoms. The van der Waals surface area contributed by atoms with Crippen LogP contribution in [0.15, 0.2) is 0 Å². The molecule has 0 aromatic carbocycles. The van der Waals surface area contributed by atoms with Crippen LogP contribution in [0.1, 0.15) is 117 Å². The van der Waals surface area contributed by atoms with E-state index < -0.39 is 12.1 Å². The summed E-state index contributed by atoms with van der Waals surface area (Å²) in [6, 6.07) is -1.06. The number of hydrogen-bond acceptors (Lipinski definition) is 11. The molecule has 0 radical (unpaired) electrons. The van der Waals surface area contributed by atoms with E-state index in [1.54, 1.807) is 6.92 Å². The molecule has 3 unspecified atom stereocenters. The summed E-state index contributed by atoms with van der Waals surface area (Å²) in [4.78, 5) is 77.7. The Bertz CT molecular complexity index is 1020. The van der Waals surface area contributed by atoms with Crippen molar-refractivity contribution in [2.45, 2.75) is 135 Å². The van der Waals surface area contributed by atoms with Gasteiger partial charge in [-0.25, -0.2) is 0 Å². The first-order chi connectivity index (χ1) is 25.6. The molecule has 3 atom stereocenters.